The van der Waals surface area contributed by atoms with Crippen LogP contribution in [0.25, 0.3) is 0 Å². The van der Waals surface area contributed by atoms with E-state index in [0.29, 0.717) is 17.1 Å². The van der Waals surface area contributed by atoms with Crippen LogP contribution in [0.2, 0.25) is 0 Å². The molecule has 1 aliphatic rings. The van der Waals surface area contributed by atoms with Crippen LogP contribution in [-0.4, -0.2) is 47.9 Å². The van der Waals surface area contributed by atoms with Crippen LogP contribution >= 0.6 is 0 Å². The summed E-state index contributed by atoms with van der Waals surface area (Å²) >= 11 is 0. The molecule has 0 saturated carbocycles. The number of benzene rings is 2. The monoisotopic (exact) mass is 376 g/mol. The van der Waals surface area contributed by atoms with Gasteiger partial charge >= 0.3 is 0 Å². The van der Waals surface area contributed by atoms with Crippen molar-refractivity contribution in [3.05, 3.63) is 47.5 Å². The Morgan fingerprint density at radius 1 is 1.11 bits per heavy atom. The van der Waals surface area contributed by atoms with E-state index in [9.17, 15) is 20.4 Å². The Bertz CT molecular complexity index is 792. The lowest BCUT2D eigenvalue weighted by Gasteiger charge is -2.25. The average Bonchev–Trinajstić information content (AvgIpc) is 3.11. The SMILES string of the molecule is COc1cc(O)cc(C(O)C2COC(c3ccc(O)c(OC)c3)C2CO)c1. The quantitative estimate of drug-likeness (QED) is 0.612. The molecule has 0 bridgehead atoms. The summed E-state index contributed by atoms with van der Waals surface area (Å²) in [7, 11) is 2.94. The molecule has 2 aromatic rings. The summed E-state index contributed by atoms with van der Waals surface area (Å²) in [5.41, 5.74) is 1.23. The second-order valence-electron chi connectivity index (χ2n) is 6.60. The standard InChI is InChI=1S/C20H24O7/c1-25-14-6-12(5-13(22)8-14)19(24)16-10-27-20(15(16)9-21)11-3-4-17(23)18(7-11)26-2/h3-8,15-16,19-24H,9-10H2,1-2H3. The Morgan fingerprint density at radius 2 is 1.89 bits per heavy atom. The molecule has 4 unspecified atom stereocenters. The maximum Gasteiger partial charge on any atom is 0.160 e. The van der Waals surface area contributed by atoms with Gasteiger partial charge in [-0.2, -0.15) is 0 Å². The van der Waals surface area contributed by atoms with E-state index in [0.717, 1.165) is 5.56 Å². The Hall–Kier alpha value is -2.48. The lowest BCUT2D eigenvalue weighted by Crippen LogP contribution is -2.25. The Labute approximate surface area is 157 Å². The normalized spacial score (nSPS) is 23.2. The third-order valence-corrected chi connectivity index (χ3v) is 5.05. The van der Waals surface area contributed by atoms with Gasteiger partial charge < -0.3 is 34.6 Å². The first kappa shape index (κ1) is 19.3. The summed E-state index contributed by atoms with van der Waals surface area (Å²) in [6.07, 6.45) is -1.41. The van der Waals surface area contributed by atoms with Crippen molar-refractivity contribution in [1.29, 1.82) is 0 Å². The van der Waals surface area contributed by atoms with Gasteiger partial charge in [0.15, 0.2) is 11.5 Å². The Kier molecular flexibility index (Phi) is 5.74. The molecule has 7 nitrogen and oxygen atoms in total. The van der Waals surface area contributed by atoms with Gasteiger partial charge in [0, 0.05) is 24.5 Å². The molecule has 1 aliphatic heterocycles. The summed E-state index contributed by atoms with van der Waals surface area (Å²) in [6.45, 7) is 0.0454. The Balaban J connectivity index is 1.87. The fourth-order valence-electron chi connectivity index (χ4n) is 3.60. The Morgan fingerprint density at radius 3 is 2.56 bits per heavy atom. The van der Waals surface area contributed by atoms with Crippen LogP contribution in [0.4, 0.5) is 0 Å². The zero-order valence-electron chi connectivity index (χ0n) is 15.2. The van der Waals surface area contributed by atoms with Gasteiger partial charge in [0.25, 0.3) is 0 Å². The molecule has 0 amide bonds. The zero-order chi connectivity index (χ0) is 19.6. The van der Waals surface area contributed by atoms with E-state index in [2.05, 4.69) is 0 Å². The zero-order valence-corrected chi connectivity index (χ0v) is 15.2. The fourth-order valence-corrected chi connectivity index (χ4v) is 3.60. The summed E-state index contributed by atoms with van der Waals surface area (Å²) in [5.74, 6) is -0.00217. The van der Waals surface area contributed by atoms with Gasteiger partial charge in [0.1, 0.15) is 11.5 Å². The number of hydrogen-bond acceptors (Lipinski definition) is 7. The molecule has 4 atom stereocenters. The molecule has 0 aromatic heterocycles. The number of methoxy groups -OCH3 is 2. The molecule has 4 N–H and O–H groups in total. The predicted molar refractivity (Wildman–Crippen MR) is 97.0 cm³/mol. The van der Waals surface area contributed by atoms with Crippen molar-refractivity contribution >= 4 is 0 Å². The van der Waals surface area contributed by atoms with E-state index >= 15 is 0 Å². The van der Waals surface area contributed by atoms with Crippen molar-refractivity contribution in [2.45, 2.75) is 12.2 Å². The highest BCUT2D eigenvalue weighted by atomic mass is 16.5. The van der Waals surface area contributed by atoms with Crippen molar-refractivity contribution in [1.82, 2.24) is 0 Å². The van der Waals surface area contributed by atoms with Gasteiger partial charge in [0.05, 0.1) is 33.0 Å². The summed E-state index contributed by atoms with van der Waals surface area (Å²) in [6, 6.07) is 9.45. The number of aliphatic hydroxyl groups is 2. The summed E-state index contributed by atoms with van der Waals surface area (Å²) in [4.78, 5) is 0. The van der Waals surface area contributed by atoms with Gasteiger partial charge in [0.2, 0.25) is 0 Å². The van der Waals surface area contributed by atoms with Crippen molar-refractivity contribution in [2.24, 2.45) is 11.8 Å². The van der Waals surface area contributed by atoms with Gasteiger partial charge in [-0.15, -0.1) is 0 Å². The molecule has 0 aliphatic carbocycles. The smallest absolute Gasteiger partial charge is 0.160 e. The van der Waals surface area contributed by atoms with Gasteiger partial charge in [-0.1, -0.05) is 6.07 Å². The third-order valence-electron chi connectivity index (χ3n) is 5.05. The van der Waals surface area contributed by atoms with Gasteiger partial charge in [-0.3, -0.25) is 0 Å². The van der Waals surface area contributed by atoms with Crippen LogP contribution in [0.3, 0.4) is 0 Å². The van der Waals surface area contributed by atoms with Crippen molar-refractivity contribution in [3.8, 4) is 23.0 Å². The highest BCUT2D eigenvalue weighted by Crippen LogP contribution is 2.45. The number of aliphatic hydroxyl groups excluding tert-OH is 2. The van der Waals surface area contributed by atoms with E-state index in [1.807, 2.05) is 0 Å². The molecule has 146 valence electrons. The molecule has 3 rings (SSSR count). The van der Waals surface area contributed by atoms with E-state index < -0.39 is 12.2 Å². The number of phenolic OH excluding ortho intramolecular Hbond substituents is 2. The van der Waals surface area contributed by atoms with E-state index in [-0.39, 0.29) is 36.5 Å². The number of phenols is 2. The molecule has 1 fully saturated rings. The third kappa shape index (κ3) is 3.80. The highest BCUT2D eigenvalue weighted by molar-refractivity contribution is 5.43. The fraction of sp³-hybridized carbons (Fsp3) is 0.400. The van der Waals surface area contributed by atoms with Crippen molar-refractivity contribution in [3.63, 3.8) is 0 Å². The van der Waals surface area contributed by atoms with Crippen LogP contribution in [-0.2, 0) is 4.74 Å². The molecule has 1 saturated heterocycles. The van der Waals surface area contributed by atoms with Crippen LogP contribution < -0.4 is 9.47 Å². The van der Waals surface area contributed by atoms with Crippen molar-refractivity contribution < 1.29 is 34.6 Å². The maximum atomic E-state index is 10.9. The minimum atomic E-state index is -0.952. The second kappa shape index (κ2) is 8.04. The maximum absolute atomic E-state index is 10.9. The van der Waals surface area contributed by atoms with E-state index in [1.54, 1.807) is 18.2 Å². The lowest BCUT2D eigenvalue weighted by atomic mass is 9.82. The minimum Gasteiger partial charge on any atom is -0.508 e. The molecule has 0 radical (unpaired) electrons. The summed E-state index contributed by atoms with van der Waals surface area (Å²) in [5, 5.41) is 40.4. The molecular weight excluding hydrogens is 352 g/mol. The first-order valence-corrected chi connectivity index (χ1v) is 8.63. The predicted octanol–water partition coefficient (Wildman–Crippen LogP) is 2.14. The van der Waals surface area contributed by atoms with E-state index in [4.69, 9.17) is 14.2 Å². The average molecular weight is 376 g/mol. The lowest BCUT2D eigenvalue weighted by molar-refractivity contribution is 0.0632. The minimum absolute atomic E-state index is 0.0114. The molecular formula is C20H24O7. The largest absolute Gasteiger partial charge is 0.508 e. The van der Waals surface area contributed by atoms with Crippen LogP contribution in [0.1, 0.15) is 23.3 Å². The van der Waals surface area contributed by atoms with E-state index in [1.165, 1.54) is 32.4 Å². The van der Waals surface area contributed by atoms with Crippen LogP contribution in [0.5, 0.6) is 23.0 Å². The first-order chi connectivity index (χ1) is 13.0. The summed E-state index contributed by atoms with van der Waals surface area (Å²) < 4.78 is 16.1. The number of aromatic hydroxyl groups is 2. The topological polar surface area (TPSA) is 109 Å². The first-order valence-electron chi connectivity index (χ1n) is 8.63. The molecule has 7 heteroatoms. The molecule has 1 heterocycles. The van der Waals surface area contributed by atoms with Crippen LogP contribution in [0, 0.1) is 11.8 Å². The molecule has 0 spiro atoms. The molecule has 2 aromatic carbocycles. The second-order valence-corrected chi connectivity index (χ2v) is 6.60. The number of ether oxygens (including phenoxy) is 3. The van der Waals surface area contributed by atoms with Gasteiger partial charge in [-0.05, 0) is 35.4 Å². The number of hydrogen-bond donors (Lipinski definition) is 4. The van der Waals surface area contributed by atoms with Crippen molar-refractivity contribution in [2.75, 3.05) is 27.4 Å². The number of rotatable bonds is 6. The highest BCUT2D eigenvalue weighted by Gasteiger charge is 2.42. The molecule has 27 heavy (non-hydrogen) atoms. The van der Waals surface area contributed by atoms with Gasteiger partial charge in [-0.25, -0.2) is 0 Å². The van der Waals surface area contributed by atoms with Crippen LogP contribution in [0.15, 0.2) is 36.4 Å².